The Labute approximate surface area is 104 Å². The van der Waals surface area contributed by atoms with Crippen LogP contribution in [-0.2, 0) is 0 Å². The normalized spacial score (nSPS) is 10.1. The van der Waals surface area contributed by atoms with Gasteiger partial charge in [0.05, 0.1) is 0 Å². The maximum absolute atomic E-state index is 5.92. The van der Waals surface area contributed by atoms with Gasteiger partial charge in [0.1, 0.15) is 5.75 Å². The van der Waals surface area contributed by atoms with Gasteiger partial charge in [-0.25, -0.2) is 10.8 Å². The number of nitrogens with two attached hydrogens (primary N) is 1. The molecule has 0 atom stereocenters. The van der Waals surface area contributed by atoms with Crippen molar-refractivity contribution in [1.82, 2.24) is 9.97 Å². The molecule has 17 heavy (non-hydrogen) atoms. The molecule has 0 spiro atoms. The molecule has 0 unspecified atom stereocenters. The molecular formula is C11H11ClN4O. The number of hydrogen-bond acceptors (Lipinski definition) is 5. The Balaban J connectivity index is 2.22. The van der Waals surface area contributed by atoms with Crippen molar-refractivity contribution in [3.8, 4) is 11.6 Å². The lowest BCUT2D eigenvalue weighted by atomic mass is 10.2. The SMILES string of the molecule is Cc1cc(Oc2ccnc(NN)n2)ccc1Cl. The fourth-order valence-corrected chi connectivity index (χ4v) is 1.39. The Morgan fingerprint density at radius 1 is 1.35 bits per heavy atom. The van der Waals surface area contributed by atoms with E-state index in [2.05, 4.69) is 15.4 Å². The number of aromatic nitrogens is 2. The Morgan fingerprint density at radius 2 is 2.18 bits per heavy atom. The molecule has 88 valence electrons. The zero-order valence-corrected chi connectivity index (χ0v) is 9.90. The van der Waals surface area contributed by atoms with Gasteiger partial charge in [0.2, 0.25) is 11.8 Å². The highest BCUT2D eigenvalue weighted by atomic mass is 35.5. The molecule has 5 nitrogen and oxygen atoms in total. The third-order valence-electron chi connectivity index (χ3n) is 2.11. The highest BCUT2D eigenvalue weighted by molar-refractivity contribution is 6.31. The van der Waals surface area contributed by atoms with Crippen LogP contribution < -0.4 is 16.0 Å². The average molecular weight is 251 g/mol. The van der Waals surface area contributed by atoms with Crippen molar-refractivity contribution in [1.29, 1.82) is 0 Å². The van der Waals surface area contributed by atoms with E-state index in [1.165, 1.54) is 0 Å². The number of benzene rings is 1. The van der Waals surface area contributed by atoms with Crippen molar-refractivity contribution in [2.24, 2.45) is 5.84 Å². The van der Waals surface area contributed by atoms with Crippen LogP contribution in [0.4, 0.5) is 5.95 Å². The van der Waals surface area contributed by atoms with Gasteiger partial charge in [0.15, 0.2) is 0 Å². The van der Waals surface area contributed by atoms with Gasteiger partial charge in [0, 0.05) is 17.3 Å². The first-order chi connectivity index (χ1) is 8.19. The third-order valence-corrected chi connectivity index (χ3v) is 2.54. The first-order valence-electron chi connectivity index (χ1n) is 4.92. The maximum Gasteiger partial charge on any atom is 0.240 e. The van der Waals surface area contributed by atoms with Gasteiger partial charge in [-0.2, -0.15) is 4.98 Å². The topological polar surface area (TPSA) is 73.1 Å². The highest BCUT2D eigenvalue weighted by Gasteiger charge is 2.02. The van der Waals surface area contributed by atoms with Crippen LogP contribution in [0.25, 0.3) is 0 Å². The number of aryl methyl sites for hydroxylation is 1. The monoisotopic (exact) mass is 250 g/mol. The molecule has 2 aromatic rings. The molecule has 2 rings (SSSR count). The number of anilines is 1. The van der Waals surface area contributed by atoms with Crippen LogP contribution in [0.2, 0.25) is 5.02 Å². The van der Waals surface area contributed by atoms with E-state index in [0.717, 1.165) is 5.56 Å². The molecular weight excluding hydrogens is 240 g/mol. The Hall–Kier alpha value is -1.85. The van der Waals surface area contributed by atoms with Crippen LogP contribution in [0.1, 0.15) is 5.56 Å². The Morgan fingerprint density at radius 3 is 2.88 bits per heavy atom. The van der Waals surface area contributed by atoms with Gasteiger partial charge in [-0.15, -0.1) is 0 Å². The van der Waals surface area contributed by atoms with Crippen LogP contribution >= 0.6 is 11.6 Å². The largest absolute Gasteiger partial charge is 0.439 e. The summed E-state index contributed by atoms with van der Waals surface area (Å²) in [5.74, 6) is 6.58. The summed E-state index contributed by atoms with van der Waals surface area (Å²) in [6, 6.07) is 7.02. The molecule has 3 N–H and O–H groups in total. The van der Waals surface area contributed by atoms with Crippen molar-refractivity contribution in [3.63, 3.8) is 0 Å². The molecule has 1 heterocycles. The van der Waals surface area contributed by atoms with Gasteiger partial charge in [0.25, 0.3) is 0 Å². The molecule has 6 heteroatoms. The lowest BCUT2D eigenvalue weighted by Crippen LogP contribution is -2.10. The van der Waals surface area contributed by atoms with Gasteiger partial charge in [-0.05, 0) is 30.7 Å². The molecule has 0 bridgehead atoms. The van der Waals surface area contributed by atoms with Crippen molar-refractivity contribution < 1.29 is 4.74 Å². The summed E-state index contributed by atoms with van der Waals surface area (Å²) in [5.41, 5.74) is 3.29. The van der Waals surface area contributed by atoms with E-state index >= 15 is 0 Å². The predicted octanol–water partition coefficient (Wildman–Crippen LogP) is 2.52. The van der Waals surface area contributed by atoms with Gasteiger partial charge in [-0.1, -0.05) is 11.6 Å². The molecule has 0 aliphatic heterocycles. The first-order valence-corrected chi connectivity index (χ1v) is 5.30. The fourth-order valence-electron chi connectivity index (χ4n) is 1.27. The lowest BCUT2D eigenvalue weighted by Gasteiger charge is -2.07. The number of nitrogens with one attached hydrogen (secondary N) is 1. The fraction of sp³-hybridized carbons (Fsp3) is 0.0909. The highest BCUT2D eigenvalue weighted by Crippen LogP contribution is 2.24. The van der Waals surface area contributed by atoms with Crippen LogP contribution in [0.15, 0.2) is 30.5 Å². The average Bonchev–Trinajstić information content (AvgIpc) is 2.34. The summed E-state index contributed by atoms with van der Waals surface area (Å²) in [6.45, 7) is 1.90. The van der Waals surface area contributed by atoms with Gasteiger partial charge < -0.3 is 4.74 Å². The Bertz CT molecular complexity index is 533. The van der Waals surface area contributed by atoms with E-state index in [1.54, 1.807) is 24.4 Å². The predicted molar refractivity (Wildman–Crippen MR) is 66.1 cm³/mol. The molecule has 1 aromatic carbocycles. The number of ether oxygens (including phenoxy) is 1. The standard InChI is InChI=1S/C11H11ClN4O/c1-7-6-8(2-3-9(7)12)17-10-4-5-14-11(15-10)16-13/h2-6H,13H2,1H3,(H,14,15,16). The van der Waals surface area contributed by atoms with Crippen molar-refractivity contribution in [3.05, 3.63) is 41.0 Å². The number of nitrogens with zero attached hydrogens (tertiary/aromatic N) is 2. The molecule has 0 saturated heterocycles. The van der Waals surface area contributed by atoms with Crippen LogP contribution in [0, 0.1) is 6.92 Å². The Kier molecular flexibility index (Phi) is 3.41. The minimum Gasteiger partial charge on any atom is -0.439 e. The minimum absolute atomic E-state index is 0.299. The number of nitrogen functional groups attached to an aromatic ring is 1. The van der Waals surface area contributed by atoms with Crippen molar-refractivity contribution >= 4 is 17.5 Å². The molecule has 0 saturated carbocycles. The van der Waals surface area contributed by atoms with Crippen molar-refractivity contribution in [2.45, 2.75) is 6.92 Å². The minimum atomic E-state index is 0.299. The summed E-state index contributed by atoms with van der Waals surface area (Å²) < 4.78 is 5.55. The zero-order valence-electron chi connectivity index (χ0n) is 9.14. The second-order valence-corrected chi connectivity index (χ2v) is 3.78. The van der Waals surface area contributed by atoms with E-state index < -0.39 is 0 Å². The summed E-state index contributed by atoms with van der Waals surface area (Å²) in [5, 5.41) is 0.698. The maximum atomic E-state index is 5.92. The summed E-state index contributed by atoms with van der Waals surface area (Å²) in [4.78, 5) is 7.92. The summed E-state index contributed by atoms with van der Waals surface area (Å²) >= 11 is 5.92. The van der Waals surface area contributed by atoms with Crippen LogP contribution in [-0.4, -0.2) is 9.97 Å². The lowest BCUT2D eigenvalue weighted by molar-refractivity contribution is 0.462. The van der Waals surface area contributed by atoms with E-state index in [1.807, 2.05) is 13.0 Å². The zero-order chi connectivity index (χ0) is 12.3. The third kappa shape index (κ3) is 2.83. The summed E-state index contributed by atoms with van der Waals surface area (Å²) in [6.07, 6.45) is 1.56. The number of rotatable bonds is 3. The molecule has 0 aliphatic rings. The molecule has 1 aromatic heterocycles. The van der Waals surface area contributed by atoms with Gasteiger partial charge >= 0.3 is 0 Å². The van der Waals surface area contributed by atoms with Crippen LogP contribution in [0.5, 0.6) is 11.6 Å². The second-order valence-electron chi connectivity index (χ2n) is 3.38. The molecule has 0 radical (unpaired) electrons. The van der Waals surface area contributed by atoms with E-state index in [-0.39, 0.29) is 0 Å². The van der Waals surface area contributed by atoms with E-state index in [9.17, 15) is 0 Å². The number of hydrazine groups is 1. The first kappa shape index (κ1) is 11.6. The number of halogens is 1. The van der Waals surface area contributed by atoms with Crippen LogP contribution in [0.3, 0.4) is 0 Å². The molecule has 0 aliphatic carbocycles. The smallest absolute Gasteiger partial charge is 0.240 e. The van der Waals surface area contributed by atoms with E-state index in [0.29, 0.717) is 22.6 Å². The molecule has 0 amide bonds. The van der Waals surface area contributed by atoms with Crippen molar-refractivity contribution in [2.75, 3.05) is 5.43 Å². The van der Waals surface area contributed by atoms with Gasteiger partial charge in [-0.3, -0.25) is 5.43 Å². The second kappa shape index (κ2) is 4.99. The summed E-state index contributed by atoms with van der Waals surface area (Å²) in [7, 11) is 0. The molecule has 0 fully saturated rings. The van der Waals surface area contributed by atoms with E-state index in [4.69, 9.17) is 22.2 Å². The quantitative estimate of drug-likeness (QED) is 0.647. The number of hydrogen-bond donors (Lipinski definition) is 2.